The van der Waals surface area contributed by atoms with E-state index in [0.29, 0.717) is 27.7 Å². The summed E-state index contributed by atoms with van der Waals surface area (Å²) >= 11 is 6.09. The van der Waals surface area contributed by atoms with Crippen LogP contribution in [0, 0.1) is 0 Å². The number of benzene rings is 2. The fourth-order valence-corrected chi connectivity index (χ4v) is 2.45. The van der Waals surface area contributed by atoms with Crippen LogP contribution in [0.4, 0.5) is 0 Å². The molecule has 0 saturated heterocycles. The highest BCUT2D eigenvalue weighted by Crippen LogP contribution is 2.23. The molecule has 1 amide bonds. The molecule has 0 radical (unpaired) electrons. The average molecular weight is 415 g/mol. The summed E-state index contributed by atoms with van der Waals surface area (Å²) in [6.45, 7) is -0.630. The van der Waals surface area contributed by atoms with Crippen molar-refractivity contribution in [2.24, 2.45) is 5.10 Å². The van der Waals surface area contributed by atoms with Gasteiger partial charge in [0.1, 0.15) is 12.3 Å². The van der Waals surface area contributed by atoms with E-state index in [1.54, 1.807) is 48.5 Å². The second kappa shape index (κ2) is 9.42. The number of nitrogens with one attached hydrogen (secondary N) is 1. The Morgan fingerprint density at radius 3 is 2.86 bits per heavy atom. The van der Waals surface area contributed by atoms with Gasteiger partial charge in [0.15, 0.2) is 6.61 Å². The topological polar surface area (TPSA) is 132 Å². The zero-order valence-electron chi connectivity index (χ0n) is 14.9. The first-order valence-corrected chi connectivity index (χ1v) is 8.68. The Morgan fingerprint density at radius 1 is 1.24 bits per heavy atom. The SMILES string of the molecule is O=C(O)COc1cccc(/C=N\NC(=O)Cn2nnc(-c3ccccc3Cl)n2)c1. The van der Waals surface area contributed by atoms with Crippen molar-refractivity contribution in [2.75, 3.05) is 6.61 Å². The lowest BCUT2D eigenvalue weighted by Crippen LogP contribution is -2.24. The molecule has 148 valence electrons. The second-order valence-corrected chi connectivity index (χ2v) is 6.08. The highest BCUT2D eigenvalue weighted by atomic mass is 35.5. The normalized spacial score (nSPS) is 10.8. The van der Waals surface area contributed by atoms with Crippen molar-refractivity contribution in [3.63, 3.8) is 0 Å². The Kier molecular flexibility index (Phi) is 6.48. The number of nitrogens with zero attached hydrogens (tertiary/aromatic N) is 5. The molecule has 0 aliphatic carbocycles. The van der Waals surface area contributed by atoms with Gasteiger partial charge in [-0.05, 0) is 35.0 Å². The van der Waals surface area contributed by atoms with Gasteiger partial charge in [-0.25, -0.2) is 10.2 Å². The molecule has 0 aliphatic rings. The highest BCUT2D eigenvalue weighted by molar-refractivity contribution is 6.33. The van der Waals surface area contributed by atoms with Gasteiger partial charge in [0.25, 0.3) is 5.91 Å². The number of tetrazole rings is 1. The summed E-state index contributed by atoms with van der Waals surface area (Å²) in [6.07, 6.45) is 1.40. The first kappa shape index (κ1) is 20.0. The number of aliphatic carboxylic acids is 1. The molecule has 29 heavy (non-hydrogen) atoms. The Hall–Kier alpha value is -3.79. The Bertz CT molecular complexity index is 1050. The number of hydrazone groups is 1. The molecular weight excluding hydrogens is 400 g/mol. The number of rotatable bonds is 8. The molecule has 11 heteroatoms. The van der Waals surface area contributed by atoms with E-state index in [9.17, 15) is 9.59 Å². The molecule has 2 aromatic carbocycles. The van der Waals surface area contributed by atoms with Crippen molar-refractivity contribution in [2.45, 2.75) is 6.54 Å². The molecule has 0 atom stereocenters. The van der Waals surface area contributed by atoms with Gasteiger partial charge in [0.2, 0.25) is 5.82 Å². The summed E-state index contributed by atoms with van der Waals surface area (Å²) in [7, 11) is 0. The minimum absolute atomic E-state index is 0.184. The number of hydrogen-bond donors (Lipinski definition) is 2. The summed E-state index contributed by atoms with van der Waals surface area (Å²) in [5, 5.41) is 24.8. The van der Waals surface area contributed by atoms with Gasteiger partial charge in [-0.15, -0.1) is 10.2 Å². The lowest BCUT2D eigenvalue weighted by Gasteiger charge is -2.03. The number of carboxylic acid groups (broad SMARTS) is 1. The van der Waals surface area contributed by atoms with Crippen molar-refractivity contribution in [1.82, 2.24) is 25.6 Å². The predicted molar refractivity (Wildman–Crippen MR) is 104 cm³/mol. The third kappa shape index (κ3) is 5.84. The van der Waals surface area contributed by atoms with Gasteiger partial charge in [-0.2, -0.15) is 9.90 Å². The lowest BCUT2D eigenvalue weighted by atomic mass is 10.2. The van der Waals surface area contributed by atoms with Crippen LogP contribution in [-0.4, -0.2) is 50.0 Å². The standard InChI is InChI=1S/C18H15ClN6O4/c19-15-7-2-1-6-14(15)18-22-24-25(23-18)10-16(26)21-20-9-12-4-3-5-13(8-12)29-11-17(27)28/h1-9H,10-11H2,(H,21,26)(H,27,28)/b20-9-. The second-order valence-electron chi connectivity index (χ2n) is 5.67. The Labute approximate surface area is 169 Å². The minimum Gasteiger partial charge on any atom is -0.482 e. The van der Waals surface area contributed by atoms with Crippen LogP contribution < -0.4 is 10.2 Å². The van der Waals surface area contributed by atoms with E-state index in [2.05, 4.69) is 25.9 Å². The molecule has 1 aromatic heterocycles. The average Bonchev–Trinajstić information content (AvgIpc) is 3.15. The van der Waals surface area contributed by atoms with Gasteiger partial charge >= 0.3 is 5.97 Å². The molecule has 0 fully saturated rings. The molecule has 3 aromatic rings. The number of carbonyl (C=O) groups is 2. The molecule has 0 spiro atoms. The molecule has 0 saturated carbocycles. The van der Waals surface area contributed by atoms with E-state index in [-0.39, 0.29) is 6.54 Å². The van der Waals surface area contributed by atoms with E-state index in [1.807, 2.05) is 0 Å². The molecular formula is C18H15ClN6O4. The van der Waals surface area contributed by atoms with Crippen molar-refractivity contribution >= 4 is 29.7 Å². The van der Waals surface area contributed by atoms with E-state index >= 15 is 0 Å². The molecule has 0 aliphatic heterocycles. The number of ether oxygens (including phenoxy) is 1. The van der Waals surface area contributed by atoms with Gasteiger partial charge in [0.05, 0.1) is 11.2 Å². The third-order valence-corrected chi connectivity index (χ3v) is 3.81. The predicted octanol–water partition coefficient (Wildman–Crippen LogP) is 1.61. The molecule has 0 bridgehead atoms. The summed E-state index contributed by atoms with van der Waals surface area (Å²) in [4.78, 5) is 23.7. The fraction of sp³-hybridized carbons (Fsp3) is 0.111. The summed E-state index contributed by atoms with van der Waals surface area (Å²) < 4.78 is 5.08. The summed E-state index contributed by atoms with van der Waals surface area (Å²) in [6, 6.07) is 13.6. The summed E-state index contributed by atoms with van der Waals surface area (Å²) in [5.74, 6) is -0.843. The van der Waals surface area contributed by atoms with Crippen LogP contribution >= 0.6 is 11.6 Å². The van der Waals surface area contributed by atoms with E-state index in [4.69, 9.17) is 21.4 Å². The first-order valence-electron chi connectivity index (χ1n) is 8.30. The Balaban J connectivity index is 1.55. The van der Waals surface area contributed by atoms with Crippen LogP contribution in [0.1, 0.15) is 5.56 Å². The molecule has 1 heterocycles. The van der Waals surface area contributed by atoms with Crippen molar-refractivity contribution in [3.05, 3.63) is 59.1 Å². The van der Waals surface area contributed by atoms with Crippen LogP contribution in [0.15, 0.2) is 53.6 Å². The number of hydrogen-bond acceptors (Lipinski definition) is 7. The zero-order chi connectivity index (χ0) is 20.6. The third-order valence-electron chi connectivity index (χ3n) is 3.48. The van der Waals surface area contributed by atoms with Crippen LogP contribution in [-0.2, 0) is 16.1 Å². The van der Waals surface area contributed by atoms with Gasteiger partial charge in [-0.1, -0.05) is 35.9 Å². The quantitative estimate of drug-likeness (QED) is 0.422. The van der Waals surface area contributed by atoms with E-state index in [0.717, 1.165) is 4.80 Å². The lowest BCUT2D eigenvalue weighted by molar-refractivity contribution is -0.139. The van der Waals surface area contributed by atoms with Crippen LogP contribution in [0.5, 0.6) is 5.75 Å². The number of aromatic nitrogens is 4. The van der Waals surface area contributed by atoms with Crippen molar-refractivity contribution in [3.8, 4) is 17.1 Å². The van der Waals surface area contributed by atoms with Gasteiger partial charge in [0, 0.05) is 5.56 Å². The van der Waals surface area contributed by atoms with Crippen LogP contribution in [0.2, 0.25) is 5.02 Å². The fourth-order valence-electron chi connectivity index (χ4n) is 2.23. The monoisotopic (exact) mass is 414 g/mol. The maximum atomic E-state index is 12.0. The number of amides is 1. The number of carboxylic acids is 1. The van der Waals surface area contributed by atoms with Crippen molar-refractivity contribution in [1.29, 1.82) is 0 Å². The van der Waals surface area contributed by atoms with Crippen LogP contribution in [0.3, 0.4) is 0 Å². The maximum Gasteiger partial charge on any atom is 0.341 e. The van der Waals surface area contributed by atoms with E-state index < -0.39 is 18.5 Å². The van der Waals surface area contributed by atoms with E-state index in [1.165, 1.54) is 6.21 Å². The molecule has 10 nitrogen and oxygen atoms in total. The largest absolute Gasteiger partial charge is 0.482 e. The molecule has 0 unspecified atom stereocenters. The molecule has 3 rings (SSSR count). The van der Waals surface area contributed by atoms with Crippen molar-refractivity contribution < 1.29 is 19.4 Å². The highest BCUT2D eigenvalue weighted by Gasteiger charge is 2.11. The van der Waals surface area contributed by atoms with Gasteiger partial charge < -0.3 is 9.84 Å². The smallest absolute Gasteiger partial charge is 0.341 e. The number of halogens is 1. The maximum absolute atomic E-state index is 12.0. The number of carbonyl (C=O) groups excluding carboxylic acids is 1. The Morgan fingerprint density at radius 2 is 2.07 bits per heavy atom. The first-order chi connectivity index (χ1) is 14.0. The minimum atomic E-state index is -1.07. The van der Waals surface area contributed by atoms with Crippen LogP contribution in [0.25, 0.3) is 11.4 Å². The summed E-state index contributed by atoms with van der Waals surface area (Å²) in [5.41, 5.74) is 3.58. The van der Waals surface area contributed by atoms with Gasteiger partial charge in [-0.3, -0.25) is 4.79 Å². The zero-order valence-corrected chi connectivity index (χ0v) is 15.7. The molecule has 2 N–H and O–H groups in total.